The van der Waals surface area contributed by atoms with E-state index in [-0.39, 0.29) is 11.2 Å². The SMILES string of the molecule is CCOc1ccc2nc(NC(=O)C(CC)Sc3nc(C)ccc3C#N)sc2c1. The molecule has 1 aromatic carbocycles. The highest BCUT2D eigenvalue weighted by Gasteiger charge is 2.22. The molecule has 0 spiro atoms. The summed E-state index contributed by atoms with van der Waals surface area (Å²) in [6, 6.07) is 11.3. The van der Waals surface area contributed by atoms with Crippen LogP contribution in [-0.4, -0.2) is 27.7 Å². The van der Waals surface area contributed by atoms with E-state index in [1.807, 2.05) is 39.0 Å². The molecule has 0 aliphatic rings. The molecule has 1 unspecified atom stereocenters. The Balaban J connectivity index is 1.76. The number of pyridine rings is 1. The van der Waals surface area contributed by atoms with Crippen LogP contribution in [0, 0.1) is 18.3 Å². The van der Waals surface area contributed by atoms with Crippen LogP contribution in [0.2, 0.25) is 0 Å². The molecule has 3 rings (SSSR count). The molecule has 0 aliphatic heterocycles. The first-order valence-electron chi connectivity index (χ1n) is 8.92. The zero-order valence-corrected chi connectivity index (χ0v) is 17.5. The van der Waals surface area contributed by atoms with Crippen LogP contribution in [-0.2, 0) is 4.79 Å². The second kappa shape index (κ2) is 9.04. The number of nitriles is 1. The first-order chi connectivity index (χ1) is 13.5. The molecule has 8 heteroatoms. The predicted octanol–water partition coefficient (Wildman–Crippen LogP) is 4.78. The second-order valence-electron chi connectivity index (χ2n) is 6.00. The lowest BCUT2D eigenvalue weighted by Crippen LogP contribution is -2.24. The van der Waals surface area contributed by atoms with E-state index >= 15 is 0 Å². The van der Waals surface area contributed by atoms with E-state index in [0.717, 1.165) is 21.7 Å². The molecule has 3 aromatic rings. The maximum absolute atomic E-state index is 12.8. The van der Waals surface area contributed by atoms with Gasteiger partial charge in [0.2, 0.25) is 5.91 Å². The van der Waals surface area contributed by atoms with Gasteiger partial charge in [0.1, 0.15) is 16.8 Å². The molecule has 0 fully saturated rings. The van der Waals surface area contributed by atoms with Gasteiger partial charge in [0.25, 0.3) is 0 Å². The molecule has 144 valence electrons. The quantitative estimate of drug-likeness (QED) is 0.562. The molecule has 0 aliphatic carbocycles. The van der Waals surface area contributed by atoms with Gasteiger partial charge < -0.3 is 10.1 Å². The van der Waals surface area contributed by atoms with Crippen LogP contribution in [0.1, 0.15) is 31.5 Å². The highest BCUT2D eigenvalue weighted by molar-refractivity contribution is 8.00. The van der Waals surface area contributed by atoms with Gasteiger partial charge in [-0.05, 0) is 50.6 Å². The van der Waals surface area contributed by atoms with E-state index in [4.69, 9.17) is 4.74 Å². The molecule has 28 heavy (non-hydrogen) atoms. The van der Waals surface area contributed by atoms with Gasteiger partial charge in [-0.1, -0.05) is 30.0 Å². The number of anilines is 1. The van der Waals surface area contributed by atoms with Crippen molar-refractivity contribution in [3.8, 4) is 11.8 Å². The number of aryl methyl sites for hydroxylation is 1. The normalized spacial score (nSPS) is 11.8. The van der Waals surface area contributed by atoms with Gasteiger partial charge in [-0.15, -0.1) is 0 Å². The number of amides is 1. The summed E-state index contributed by atoms with van der Waals surface area (Å²) >= 11 is 2.72. The van der Waals surface area contributed by atoms with Crippen LogP contribution in [0.4, 0.5) is 5.13 Å². The molecule has 1 N–H and O–H groups in total. The Morgan fingerprint density at radius 1 is 1.32 bits per heavy atom. The number of hydrogen-bond acceptors (Lipinski definition) is 7. The monoisotopic (exact) mass is 412 g/mol. The first kappa shape index (κ1) is 20.1. The number of carbonyl (C=O) groups is 1. The number of carbonyl (C=O) groups excluding carboxylic acids is 1. The number of thiazole rings is 1. The Morgan fingerprint density at radius 3 is 2.86 bits per heavy atom. The van der Waals surface area contributed by atoms with Crippen molar-refractivity contribution in [2.75, 3.05) is 11.9 Å². The number of benzene rings is 1. The van der Waals surface area contributed by atoms with Gasteiger partial charge >= 0.3 is 0 Å². The molecular formula is C20H20N4O2S2. The first-order valence-corrected chi connectivity index (χ1v) is 10.6. The van der Waals surface area contributed by atoms with Crippen molar-refractivity contribution in [3.63, 3.8) is 0 Å². The standard InChI is InChI=1S/C20H20N4O2S2/c1-4-16(27-19-13(11-21)7-6-12(3)22-19)18(25)24-20-23-15-9-8-14(26-5-2)10-17(15)28-20/h6-10,16H,4-5H2,1-3H3,(H,23,24,25). The van der Waals surface area contributed by atoms with E-state index in [1.54, 1.807) is 12.1 Å². The average Bonchev–Trinajstić information content (AvgIpc) is 3.07. The smallest absolute Gasteiger partial charge is 0.239 e. The number of rotatable bonds is 7. The van der Waals surface area contributed by atoms with Crippen LogP contribution in [0.15, 0.2) is 35.4 Å². The van der Waals surface area contributed by atoms with Gasteiger partial charge in [0.05, 0.1) is 27.6 Å². The predicted molar refractivity (Wildman–Crippen MR) is 113 cm³/mol. The average molecular weight is 413 g/mol. The number of nitrogens with one attached hydrogen (secondary N) is 1. The third-order valence-electron chi connectivity index (χ3n) is 3.94. The summed E-state index contributed by atoms with van der Waals surface area (Å²) in [7, 11) is 0. The van der Waals surface area contributed by atoms with Gasteiger partial charge in [-0.2, -0.15) is 5.26 Å². The fourth-order valence-corrected chi connectivity index (χ4v) is 4.50. The summed E-state index contributed by atoms with van der Waals surface area (Å²) in [5, 5.41) is 12.9. The zero-order chi connectivity index (χ0) is 20.1. The van der Waals surface area contributed by atoms with Crippen LogP contribution in [0.3, 0.4) is 0 Å². The maximum Gasteiger partial charge on any atom is 0.239 e. The summed E-state index contributed by atoms with van der Waals surface area (Å²) < 4.78 is 6.47. The van der Waals surface area contributed by atoms with Crippen molar-refractivity contribution in [2.24, 2.45) is 0 Å². The molecule has 0 saturated heterocycles. The summed E-state index contributed by atoms with van der Waals surface area (Å²) in [5.74, 6) is 0.636. The van der Waals surface area contributed by atoms with E-state index in [1.165, 1.54) is 23.1 Å². The van der Waals surface area contributed by atoms with Crippen LogP contribution in [0.5, 0.6) is 5.75 Å². The van der Waals surface area contributed by atoms with E-state index in [2.05, 4.69) is 21.4 Å². The zero-order valence-electron chi connectivity index (χ0n) is 15.9. The van der Waals surface area contributed by atoms with Crippen molar-refractivity contribution in [1.29, 1.82) is 5.26 Å². The number of fused-ring (bicyclic) bond motifs is 1. The molecule has 1 atom stereocenters. The molecular weight excluding hydrogens is 392 g/mol. The highest BCUT2D eigenvalue weighted by Crippen LogP contribution is 2.31. The van der Waals surface area contributed by atoms with Gasteiger partial charge in [0.15, 0.2) is 5.13 Å². The Hall–Kier alpha value is -2.63. The fraction of sp³-hybridized carbons (Fsp3) is 0.300. The number of aromatic nitrogens is 2. The van der Waals surface area contributed by atoms with E-state index < -0.39 is 0 Å². The van der Waals surface area contributed by atoms with Crippen molar-refractivity contribution in [2.45, 2.75) is 37.5 Å². The van der Waals surface area contributed by atoms with Gasteiger partial charge in [0, 0.05) is 5.69 Å². The summed E-state index contributed by atoms with van der Waals surface area (Å²) in [6.45, 7) is 6.34. The molecule has 2 aromatic heterocycles. The minimum atomic E-state index is -0.368. The van der Waals surface area contributed by atoms with Crippen molar-refractivity contribution in [1.82, 2.24) is 9.97 Å². The summed E-state index contributed by atoms with van der Waals surface area (Å²) in [5.41, 5.74) is 2.11. The van der Waals surface area contributed by atoms with Crippen LogP contribution < -0.4 is 10.1 Å². The fourth-order valence-electron chi connectivity index (χ4n) is 2.57. The van der Waals surface area contributed by atoms with Crippen molar-refractivity contribution >= 4 is 44.4 Å². The van der Waals surface area contributed by atoms with Crippen LogP contribution >= 0.6 is 23.1 Å². The molecule has 0 radical (unpaired) electrons. The van der Waals surface area contributed by atoms with Gasteiger partial charge in [-0.3, -0.25) is 4.79 Å². The second-order valence-corrected chi connectivity index (χ2v) is 8.22. The topological polar surface area (TPSA) is 87.9 Å². The Morgan fingerprint density at radius 2 is 2.14 bits per heavy atom. The highest BCUT2D eigenvalue weighted by atomic mass is 32.2. The minimum Gasteiger partial charge on any atom is -0.494 e. The Kier molecular flexibility index (Phi) is 6.49. The lowest BCUT2D eigenvalue weighted by atomic mass is 10.3. The summed E-state index contributed by atoms with van der Waals surface area (Å²) in [6.07, 6.45) is 0.608. The van der Waals surface area contributed by atoms with E-state index in [9.17, 15) is 10.1 Å². The number of thioether (sulfide) groups is 1. The Bertz CT molecular complexity index is 1040. The van der Waals surface area contributed by atoms with Gasteiger partial charge in [-0.25, -0.2) is 9.97 Å². The third kappa shape index (κ3) is 4.61. The maximum atomic E-state index is 12.8. The number of nitrogens with zero attached hydrogens (tertiary/aromatic N) is 3. The van der Waals surface area contributed by atoms with E-state index in [0.29, 0.717) is 28.7 Å². The summed E-state index contributed by atoms with van der Waals surface area (Å²) in [4.78, 5) is 21.7. The lowest BCUT2D eigenvalue weighted by molar-refractivity contribution is -0.115. The molecule has 2 heterocycles. The van der Waals surface area contributed by atoms with Crippen LogP contribution in [0.25, 0.3) is 10.2 Å². The van der Waals surface area contributed by atoms with Crippen molar-refractivity contribution < 1.29 is 9.53 Å². The lowest BCUT2D eigenvalue weighted by Gasteiger charge is -2.14. The largest absolute Gasteiger partial charge is 0.494 e. The molecule has 0 bridgehead atoms. The third-order valence-corrected chi connectivity index (χ3v) is 6.24. The number of hydrogen-bond donors (Lipinski definition) is 1. The number of ether oxygens (including phenoxy) is 1. The molecule has 1 amide bonds. The van der Waals surface area contributed by atoms with Crippen molar-refractivity contribution in [3.05, 3.63) is 41.6 Å². The molecule has 0 saturated carbocycles. The Labute approximate surface area is 172 Å². The minimum absolute atomic E-state index is 0.149. The molecule has 6 nitrogen and oxygen atoms in total.